The quantitative estimate of drug-likeness (QED) is 0.852. The van der Waals surface area contributed by atoms with Crippen molar-refractivity contribution in [1.82, 2.24) is 10.1 Å². The molecule has 4 nitrogen and oxygen atoms in total. The summed E-state index contributed by atoms with van der Waals surface area (Å²) in [6.45, 7) is 0.581. The Balaban J connectivity index is 1.94. The highest BCUT2D eigenvalue weighted by Crippen LogP contribution is 2.39. The molecule has 0 radical (unpaired) electrons. The van der Waals surface area contributed by atoms with Crippen molar-refractivity contribution in [2.75, 3.05) is 6.54 Å². The molecule has 112 valence electrons. The number of rotatable bonds is 3. The molecule has 0 saturated heterocycles. The van der Waals surface area contributed by atoms with E-state index in [1.54, 1.807) is 0 Å². The van der Waals surface area contributed by atoms with Crippen LogP contribution in [0.15, 0.2) is 21.1 Å². The Bertz CT molecular complexity index is 662. The Morgan fingerprint density at radius 2 is 2.14 bits per heavy atom. The summed E-state index contributed by atoms with van der Waals surface area (Å²) in [5.74, 6) is -0.618. The zero-order valence-electron chi connectivity index (χ0n) is 11.2. The highest BCUT2D eigenvalue weighted by atomic mass is 79.9. The molecule has 0 aliphatic heterocycles. The number of nitrogens with two attached hydrogens (primary N) is 1. The van der Waals surface area contributed by atoms with E-state index < -0.39 is 11.6 Å². The third-order valence-electron chi connectivity index (χ3n) is 4.00. The van der Waals surface area contributed by atoms with Crippen LogP contribution in [-0.2, 0) is 0 Å². The van der Waals surface area contributed by atoms with Gasteiger partial charge in [-0.3, -0.25) is 0 Å². The van der Waals surface area contributed by atoms with E-state index in [0.29, 0.717) is 23.9 Å². The molecule has 0 bridgehead atoms. The summed E-state index contributed by atoms with van der Waals surface area (Å²) >= 11 is 3.03. The average Bonchev–Trinajstić information content (AvgIpc) is 3.12. The van der Waals surface area contributed by atoms with E-state index in [2.05, 4.69) is 26.1 Å². The zero-order chi connectivity index (χ0) is 15.0. The topological polar surface area (TPSA) is 64.9 Å². The molecular formula is C14H14BrF2N3O. The van der Waals surface area contributed by atoms with Gasteiger partial charge in [-0.2, -0.15) is 4.98 Å². The standard InChI is InChI=1S/C14H14BrF2N3O/c15-11-9(4-5-10(16)12(11)17)13-19-14(21-20-13)8-3-1-2-7(8)6-18/h4-5,7-8H,1-3,6,18H2. The lowest BCUT2D eigenvalue weighted by atomic mass is 9.96. The number of hydrogen-bond acceptors (Lipinski definition) is 4. The number of aromatic nitrogens is 2. The maximum Gasteiger partial charge on any atom is 0.230 e. The highest BCUT2D eigenvalue weighted by Gasteiger charge is 2.32. The van der Waals surface area contributed by atoms with Crippen molar-refractivity contribution in [3.63, 3.8) is 0 Å². The summed E-state index contributed by atoms with van der Waals surface area (Å²) in [6, 6.07) is 2.47. The fourth-order valence-electron chi connectivity index (χ4n) is 2.84. The van der Waals surface area contributed by atoms with Gasteiger partial charge < -0.3 is 10.3 Å². The van der Waals surface area contributed by atoms with Crippen molar-refractivity contribution in [1.29, 1.82) is 0 Å². The van der Waals surface area contributed by atoms with Crippen LogP contribution in [0.4, 0.5) is 8.78 Å². The fraction of sp³-hybridized carbons (Fsp3) is 0.429. The lowest BCUT2D eigenvalue weighted by Gasteiger charge is -2.12. The molecule has 1 fully saturated rings. The number of benzene rings is 1. The molecule has 2 unspecified atom stereocenters. The van der Waals surface area contributed by atoms with E-state index in [1.807, 2.05) is 0 Å². The molecule has 1 aromatic carbocycles. The van der Waals surface area contributed by atoms with Crippen molar-refractivity contribution in [2.24, 2.45) is 11.7 Å². The summed E-state index contributed by atoms with van der Waals surface area (Å²) in [5.41, 5.74) is 6.12. The molecule has 7 heteroatoms. The first-order chi connectivity index (χ1) is 10.1. The molecule has 1 saturated carbocycles. The van der Waals surface area contributed by atoms with Crippen LogP contribution in [0.1, 0.15) is 31.1 Å². The van der Waals surface area contributed by atoms with Gasteiger partial charge in [0, 0.05) is 11.5 Å². The first-order valence-corrected chi connectivity index (χ1v) is 7.58. The number of halogens is 3. The van der Waals surface area contributed by atoms with Gasteiger partial charge in [0.15, 0.2) is 11.6 Å². The van der Waals surface area contributed by atoms with Gasteiger partial charge in [-0.25, -0.2) is 8.78 Å². The van der Waals surface area contributed by atoms with Crippen LogP contribution in [0.25, 0.3) is 11.4 Å². The van der Waals surface area contributed by atoms with Crippen molar-refractivity contribution in [3.8, 4) is 11.4 Å². The minimum atomic E-state index is -0.959. The second kappa shape index (κ2) is 5.81. The summed E-state index contributed by atoms with van der Waals surface area (Å²) in [5, 5.41) is 3.89. The average molecular weight is 358 g/mol. The zero-order valence-corrected chi connectivity index (χ0v) is 12.7. The maximum atomic E-state index is 13.6. The SMILES string of the molecule is NCC1CCCC1c1nc(-c2ccc(F)c(F)c2Br)no1. The molecule has 1 aliphatic rings. The number of hydrogen-bond donors (Lipinski definition) is 1. The van der Waals surface area contributed by atoms with Crippen LogP contribution in [0.5, 0.6) is 0 Å². The largest absolute Gasteiger partial charge is 0.339 e. The Morgan fingerprint density at radius 3 is 2.90 bits per heavy atom. The molecule has 2 aromatic rings. The van der Waals surface area contributed by atoms with E-state index in [9.17, 15) is 8.78 Å². The Hall–Kier alpha value is -1.34. The van der Waals surface area contributed by atoms with Crippen molar-refractivity contribution in [2.45, 2.75) is 25.2 Å². The Labute approximate surface area is 128 Å². The molecule has 1 heterocycles. The van der Waals surface area contributed by atoms with Crippen molar-refractivity contribution >= 4 is 15.9 Å². The Morgan fingerprint density at radius 1 is 1.33 bits per heavy atom. The summed E-state index contributed by atoms with van der Waals surface area (Å²) in [4.78, 5) is 4.34. The fourth-order valence-corrected chi connectivity index (χ4v) is 3.34. The van der Waals surface area contributed by atoms with E-state index in [-0.39, 0.29) is 16.2 Å². The van der Waals surface area contributed by atoms with E-state index in [0.717, 1.165) is 25.3 Å². The summed E-state index contributed by atoms with van der Waals surface area (Å²) < 4.78 is 32.0. The molecule has 21 heavy (non-hydrogen) atoms. The van der Waals surface area contributed by atoms with Crippen LogP contribution in [0, 0.1) is 17.6 Å². The van der Waals surface area contributed by atoms with Gasteiger partial charge in [-0.1, -0.05) is 11.6 Å². The minimum Gasteiger partial charge on any atom is -0.339 e. The molecule has 2 N–H and O–H groups in total. The predicted octanol–water partition coefficient (Wildman–Crippen LogP) is 3.62. The lowest BCUT2D eigenvalue weighted by Crippen LogP contribution is -2.17. The monoisotopic (exact) mass is 357 g/mol. The van der Waals surface area contributed by atoms with Crippen LogP contribution in [-0.4, -0.2) is 16.7 Å². The third-order valence-corrected chi connectivity index (χ3v) is 4.77. The first-order valence-electron chi connectivity index (χ1n) is 6.79. The molecular weight excluding hydrogens is 344 g/mol. The van der Waals surface area contributed by atoms with E-state index >= 15 is 0 Å². The second-order valence-corrected chi connectivity index (χ2v) is 6.01. The second-order valence-electron chi connectivity index (χ2n) is 5.21. The van der Waals surface area contributed by atoms with Crippen LogP contribution < -0.4 is 5.73 Å². The molecule has 0 spiro atoms. The van der Waals surface area contributed by atoms with Gasteiger partial charge in [0.1, 0.15) is 0 Å². The van der Waals surface area contributed by atoms with E-state index in [1.165, 1.54) is 6.07 Å². The predicted molar refractivity (Wildman–Crippen MR) is 76.5 cm³/mol. The third kappa shape index (κ3) is 2.60. The van der Waals surface area contributed by atoms with Gasteiger partial charge >= 0.3 is 0 Å². The van der Waals surface area contributed by atoms with Crippen LogP contribution in [0.2, 0.25) is 0 Å². The van der Waals surface area contributed by atoms with Crippen molar-refractivity contribution in [3.05, 3.63) is 34.1 Å². The maximum absolute atomic E-state index is 13.6. The summed E-state index contributed by atoms with van der Waals surface area (Å²) in [6.07, 6.45) is 3.09. The van der Waals surface area contributed by atoms with Gasteiger partial charge in [0.05, 0.1) is 4.47 Å². The highest BCUT2D eigenvalue weighted by molar-refractivity contribution is 9.10. The van der Waals surface area contributed by atoms with Gasteiger partial charge in [-0.15, -0.1) is 0 Å². The van der Waals surface area contributed by atoms with E-state index in [4.69, 9.17) is 10.3 Å². The molecule has 1 aliphatic carbocycles. The first kappa shape index (κ1) is 14.6. The summed E-state index contributed by atoms with van der Waals surface area (Å²) in [7, 11) is 0. The van der Waals surface area contributed by atoms with Gasteiger partial charge in [0.25, 0.3) is 0 Å². The molecule has 3 rings (SSSR count). The van der Waals surface area contributed by atoms with Gasteiger partial charge in [-0.05, 0) is 53.4 Å². The van der Waals surface area contributed by atoms with Crippen LogP contribution >= 0.6 is 15.9 Å². The lowest BCUT2D eigenvalue weighted by molar-refractivity contribution is 0.326. The molecule has 1 aromatic heterocycles. The van der Waals surface area contributed by atoms with Crippen molar-refractivity contribution < 1.29 is 13.3 Å². The normalized spacial score (nSPS) is 21.9. The van der Waals surface area contributed by atoms with Crippen LogP contribution in [0.3, 0.4) is 0 Å². The molecule has 0 amide bonds. The smallest absolute Gasteiger partial charge is 0.230 e. The number of nitrogens with zero attached hydrogens (tertiary/aromatic N) is 2. The van der Waals surface area contributed by atoms with Gasteiger partial charge in [0.2, 0.25) is 11.7 Å². The Kier molecular flexibility index (Phi) is 4.03. The molecule has 2 atom stereocenters. The minimum absolute atomic E-state index is 0.00310.